The van der Waals surface area contributed by atoms with Crippen molar-refractivity contribution in [3.8, 4) is 0 Å². The minimum Gasteiger partial charge on any atom is -0.387 e. The Morgan fingerprint density at radius 3 is 2.50 bits per heavy atom. The molecule has 8 N–H and O–H groups in total. The van der Waals surface area contributed by atoms with E-state index in [0.29, 0.717) is 0 Å². The standard InChI is InChI=1S/C12H18N5O14P3/c13-11-15-8-6(9(19)16-11)14-4-17(8)10-12(1-2-27-12)7(18)5(29-10)3-28-33(23,24)31-34(25,26)30-32(20,21)22/h4-5,7,10,18H,1-3H2,(H,23,24)(H,25,26)(H2,20,21,22)(H3,13,15,16,19)/t5-,7-,10-,12+/m1/s1. The number of aliphatic hydroxyl groups excluding tert-OH is 1. The molecule has 4 rings (SSSR count). The van der Waals surface area contributed by atoms with Gasteiger partial charge < -0.3 is 39.9 Å². The van der Waals surface area contributed by atoms with Gasteiger partial charge >= 0.3 is 23.5 Å². The summed E-state index contributed by atoms with van der Waals surface area (Å²) in [6.45, 7) is -0.683. The molecule has 19 nitrogen and oxygen atoms in total. The van der Waals surface area contributed by atoms with Crippen LogP contribution in [0.1, 0.15) is 12.6 Å². The van der Waals surface area contributed by atoms with E-state index in [2.05, 4.69) is 28.1 Å². The van der Waals surface area contributed by atoms with Crippen LogP contribution in [0.15, 0.2) is 11.1 Å². The molecule has 1 spiro atoms. The Morgan fingerprint density at radius 2 is 1.91 bits per heavy atom. The number of H-pyrrole nitrogens is 1. The van der Waals surface area contributed by atoms with Gasteiger partial charge in [-0.2, -0.15) is 13.6 Å². The molecule has 0 bridgehead atoms. The molecule has 0 aliphatic carbocycles. The monoisotopic (exact) mass is 549 g/mol. The molecular weight excluding hydrogens is 531 g/mol. The van der Waals surface area contributed by atoms with Crippen LogP contribution in [0.25, 0.3) is 11.2 Å². The maximum absolute atomic E-state index is 12.0. The molecule has 2 unspecified atom stereocenters. The predicted octanol–water partition coefficient (Wildman–Crippen LogP) is -1.54. The number of nitrogens with two attached hydrogens (primary N) is 1. The number of hydrogen-bond donors (Lipinski definition) is 7. The van der Waals surface area contributed by atoms with E-state index >= 15 is 0 Å². The van der Waals surface area contributed by atoms with Crippen molar-refractivity contribution < 1.29 is 61.0 Å². The first-order valence-electron chi connectivity index (χ1n) is 9.11. The Bertz CT molecular complexity index is 1300. The van der Waals surface area contributed by atoms with Gasteiger partial charge in [-0.15, -0.1) is 0 Å². The van der Waals surface area contributed by atoms with E-state index in [9.17, 15) is 33.4 Å². The molecule has 2 aromatic heterocycles. The van der Waals surface area contributed by atoms with Gasteiger partial charge in [-0.25, -0.2) is 18.7 Å². The van der Waals surface area contributed by atoms with E-state index in [-0.39, 0.29) is 30.1 Å². The van der Waals surface area contributed by atoms with Crippen molar-refractivity contribution in [3.63, 3.8) is 0 Å². The van der Waals surface area contributed by atoms with Crippen LogP contribution < -0.4 is 11.3 Å². The molecule has 2 saturated heterocycles. The number of rotatable bonds is 8. The fraction of sp³-hybridized carbons (Fsp3) is 0.583. The molecule has 22 heteroatoms. The highest BCUT2D eigenvalue weighted by Gasteiger charge is 2.62. The lowest BCUT2D eigenvalue weighted by Gasteiger charge is -2.44. The Hall–Kier alpha value is -1.56. The van der Waals surface area contributed by atoms with Crippen molar-refractivity contribution in [3.05, 3.63) is 16.7 Å². The summed E-state index contributed by atoms with van der Waals surface area (Å²) >= 11 is 0. The maximum atomic E-state index is 12.0. The molecule has 2 aromatic rings. The smallest absolute Gasteiger partial charge is 0.387 e. The highest BCUT2D eigenvalue weighted by atomic mass is 31.3. The van der Waals surface area contributed by atoms with Crippen LogP contribution in [0, 0.1) is 0 Å². The van der Waals surface area contributed by atoms with Gasteiger partial charge in [-0.1, -0.05) is 0 Å². The molecule has 6 atom stereocenters. The van der Waals surface area contributed by atoms with Crippen LogP contribution in [-0.4, -0.2) is 75.2 Å². The van der Waals surface area contributed by atoms with Crippen LogP contribution in [0.3, 0.4) is 0 Å². The lowest BCUT2D eigenvalue weighted by atomic mass is 9.86. The third-order valence-corrected chi connectivity index (χ3v) is 8.76. The van der Waals surface area contributed by atoms with Crippen molar-refractivity contribution in [2.75, 3.05) is 18.9 Å². The van der Waals surface area contributed by atoms with Crippen molar-refractivity contribution in [1.29, 1.82) is 0 Å². The van der Waals surface area contributed by atoms with E-state index in [4.69, 9.17) is 25.0 Å². The zero-order valence-electron chi connectivity index (χ0n) is 16.6. The molecule has 0 aromatic carbocycles. The minimum atomic E-state index is -5.72. The van der Waals surface area contributed by atoms with Crippen molar-refractivity contribution in [1.82, 2.24) is 19.5 Å². The first-order valence-corrected chi connectivity index (χ1v) is 13.6. The molecule has 0 saturated carbocycles. The highest BCUT2D eigenvalue weighted by Crippen LogP contribution is 2.66. The summed E-state index contributed by atoms with van der Waals surface area (Å²) in [6, 6.07) is 0. The molecule has 2 aliphatic rings. The summed E-state index contributed by atoms with van der Waals surface area (Å²) < 4.78 is 58.5. The molecule has 34 heavy (non-hydrogen) atoms. The third kappa shape index (κ3) is 4.89. The number of anilines is 1. The van der Waals surface area contributed by atoms with E-state index in [1.54, 1.807) is 0 Å². The maximum Gasteiger partial charge on any atom is 0.490 e. The lowest BCUT2D eigenvalue weighted by Crippen LogP contribution is -2.56. The summed E-state index contributed by atoms with van der Waals surface area (Å²) in [5, 5.41) is 10.8. The number of phosphoric acid groups is 3. The Labute approximate surface area is 187 Å². The molecule has 4 heterocycles. The number of aromatic nitrogens is 4. The van der Waals surface area contributed by atoms with Gasteiger partial charge in [0.1, 0.15) is 17.8 Å². The normalized spacial score (nSPS) is 30.8. The second kappa shape index (κ2) is 8.53. The first kappa shape index (κ1) is 25.5. The quantitative estimate of drug-likeness (QED) is 0.184. The zero-order chi connectivity index (χ0) is 25.1. The average molecular weight is 549 g/mol. The van der Waals surface area contributed by atoms with E-state index < -0.39 is 59.7 Å². The molecule has 0 radical (unpaired) electrons. The van der Waals surface area contributed by atoms with Crippen molar-refractivity contribution in [2.24, 2.45) is 0 Å². The fourth-order valence-corrected chi connectivity index (χ4v) is 6.63. The minimum absolute atomic E-state index is 0.00172. The van der Waals surface area contributed by atoms with Gasteiger partial charge in [0, 0.05) is 6.42 Å². The van der Waals surface area contributed by atoms with Gasteiger partial charge in [0.2, 0.25) is 5.95 Å². The van der Waals surface area contributed by atoms with Crippen molar-refractivity contribution >= 4 is 40.6 Å². The summed E-state index contributed by atoms with van der Waals surface area (Å²) in [6.07, 6.45) is -2.56. The first-order chi connectivity index (χ1) is 15.6. The van der Waals surface area contributed by atoms with Crippen LogP contribution in [0.4, 0.5) is 5.95 Å². The molecule has 0 amide bonds. The van der Waals surface area contributed by atoms with Gasteiger partial charge in [-0.3, -0.25) is 18.9 Å². The van der Waals surface area contributed by atoms with Gasteiger partial charge in [-0.05, 0) is 0 Å². The summed E-state index contributed by atoms with van der Waals surface area (Å²) in [5.74, 6) is -0.217. The van der Waals surface area contributed by atoms with Gasteiger partial charge in [0.25, 0.3) is 5.56 Å². The largest absolute Gasteiger partial charge is 0.490 e. The zero-order valence-corrected chi connectivity index (χ0v) is 19.3. The third-order valence-electron chi connectivity index (χ3n) is 4.96. The Morgan fingerprint density at radius 1 is 1.24 bits per heavy atom. The average Bonchev–Trinajstić information content (AvgIpc) is 3.15. The van der Waals surface area contributed by atoms with Crippen molar-refractivity contribution in [2.45, 2.75) is 30.5 Å². The molecule has 2 fully saturated rings. The second-order valence-electron chi connectivity index (χ2n) is 7.19. The summed E-state index contributed by atoms with van der Waals surface area (Å²) in [5.41, 5.74) is 3.47. The number of imidazole rings is 1. The van der Waals surface area contributed by atoms with E-state index in [0.717, 1.165) is 0 Å². The highest BCUT2D eigenvalue weighted by molar-refractivity contribution is 7.66. The second-order valence-corrected chi connectivity index (χ2v) is 11.6. The van der Waals surface area contributed by atoms with E-state index in [1.807, 2.05) is 0 Å². The lowest BCUT2D eigenvalue weighted by molar-refractivity contribution is -0.225. The number of nitrogens with one attached hydrogen (secondary N) is 1. The van der Waals surface area contributed by atoms with Crippen LogP contribution in [-0.2, 0) is 36.3 Å². The SMILES string of the molecule is Nc1nc2c(ncn2[C@@H]2O[C@H](COP(=O)(O)OP(=O)(O)OP(=O)(O)O)[C@@H](O)[C@@]23CCO3)c(=O)[nH]1. The Kier molecular flexibility index (Phi) is 6.41. The van der Waals surface area contributed by atoms with Crippen LogP contribution in [0.5, 0.6) is 0 Å². The number of nitrogen functional groups attached to an aromatic ring is 1. The number of aliphatic hydroxyl groups is 1. The summed E-state index contributed by atoms with van der Waals surface area (Å²) in [4.78, 5) is 58.3. The van der Waals surface area contributed by atoms with E-state index in [1.165, 1.54) is 10.9 Å². The topological polar surface area (TPSA) is 288 Å². The molecule has 2 aliphatic heterocycles. The molecular formula is C12H18N5O14P3. The number of nitrogens with zero attached hydrogens (tertiary/aromatic N) is 3. The predicted molar refractivity (Wildman–Crippen MR) is 106 cm³/mol. The number of phosphoric ester groups is 1. The number of fused-ring (bicyclic) bond motifs is 1. The van der Waals surface area contributed by atoms with Gasteiger partial charge in [0.15, 0.2) is 17.4 Å². The fourth-order valence-electron chi connectivity index (χ4n) is 3.60. The van der Waals surface area contributed by atoms with Crippen LogP contribution in [0.2, 0.25) is 0 Å². The van der Waals surface area contributed by atoms with Gasteiger partial charge in [0.05, 0.1) is 19.5 Å². The Balaban J connectivity index is 1.53. The van der Waals surface area contributed by atoms with Crippen LogP contribution >= 0.6 is 23.5 Å². The summed E-state index contributed by atoms with van der Waals surface area (Å²) in [7, 11) is -16.7. The number of aromatic amines is 1. The number of ether oxygens (including phenoxy) is 2. The molecule has 190 valence electrons. The number of hydrogen-bond acceptors (Lipinski definition) is 13.